The summed E-state index contributed by atoms with van der Waals surface area (Å²) in [4.78, 5) is 27.1. The molecule has 6 heteroatoms. The van der Waals surface area contributed by atoms with Crippen molar-refractivity contribution in [1.82, 2.24) is 9.55 Å². The van der Waals surface area contributed by atoms with E-state index in [0.29, 0.717) is 30.9 Å². The second-order valence-corrected chi connectivity index (χ2v) is 5.53. The Labute approximate surface area is 127 Å². The summed E-state index contributed by atoms with van der Waals surface area (Å²) in [5.41, 5.74) is 2.05. The first kappa shape index (κ1) is 14.3. The van der Waals surface area contributed by atoms with Crippen molar-refractivity contribution in [2.24, 2.45) is 0 Å². The summed E-state index contributed by atoms with van der Waals surface area (Å²) in [5, 5.41) is 18.7. The molecule has 0 saturated carbocycles. The van der Waals surface area contributed by atoms with Crippen molar-refractivity contribution < 1.29 is 19.8 Å². The molecule has 1 atom stereocenters. The maximum Gasteiger partial charge on any atom is 0.356 e. The number of benzene rings is 1. The van der Waals surface area contributed by atoms with Gasteiger partial charge in [0.2, 0.25) is 0 Å². The predicted molar refractivity (Wildman–Crippen MR) is 79.0 cm³/mol. The highest BCUT2D eigenvalue weighted by molar-refractivity contribution is 5.91. The molecule has 1 aromatic heterocycles. The Balaban J connectivity index is 2.21. The average molecular weight is 300 g/mol. The van der Waals surface area contributed by atoms with Crippen LogP contribution in [0.3, 0.4) is 0 Å². The van der Waals surface area contributed by atoms with E-state index in [4.69, 9.17) is 0 Å². The lowest BCUT2D eigenvalue weighted by atomic mass is 9.94. The van der Waals surface area contributed by atoms with Crippen molar-refractivity contribution in [3.63, 3.8) is 0 Å². The molecule has 22 heavy (non-hydrogen) atoms. The van der Waals surface area contributed by atoms with Gasteiger partial charge in [-0.2, -0.15) is 0 Å². The van der Waals surface area contributed by atoms with Gasteiger partial charge in [0.15, 0.2) is 5.69 Å². The first-order valence-corrected chi connectivity index (χ1v) is 7.12. The van der Waals surface area contributed by atoms with Gasteiger partial charge in [-0.3, -0.25) is 4.79 Å². The van der Waals surface area contributed by atoms with Crippen LogP contribution in [-0.4, -0.2) is 31.7 Å². The van der Waals surface area contributed by atoms with Gasteiger partial charge in [0.05, 0.1) is 11.6 Å². The number of aromatic nitrogens is 2. The van der Waals surface area contributed by atoms with Crippen LogP contribution in [-0.2, 0) is 11.3 Å². The summed E-state index contributed by atoms with van der Waals surface area (Å²) in [5.74, 6) is -2.47. The number of carbonyl (C=O) groups is 2. The highest BCUT2D eigenvalue weighted by atomic mass is 16.4. The van der Waals surface area contributed by atoms with Gasteiger partial charge < -0.3 is 14.8 Å². The van der Waals surface area contributed by atoms with Crippen LogP contribution in [0.5, 0.6) is 0 Å². The molecule has 2 N–H and O–H groups in total. The van der Waals surface area contributed by atoms with Crippen molar-refractivity contribution in [2.45, 2.75) is 32.2 Å². The predicted octanol–water partition coefficient (Wildman–Crippen LogP) is 2.52. The number of carboxylic acids is 2. The molecule has 0 fully saturated rings. The van der Waals surface area contributed by atoms with Gasteiger partial charge in [-0.1, -0.05) is 29.8 Å². The lowest BCUT2D eigenvalue weighted by Gasteiger charge is -2.22. The molecule has 1 unspecified atom stereocenters. The maximum absolute atomic E-state index is 11.5. The third-order valence-electron chi connectivity index (χ3n) is 4.02. The fraction of sp³-hybridized carbons (Fsp3) is 0.312. The van der Waals surface area contributed by atoms with Crippen LogP contribution < -0.4 is 0 Å². The molecule has 0 bridgehead atoms. The fourth-order valence-corrected chi connectivity index (χ4v) is 2.96. The second-order valence-electron chi connectivity index (χ2n) is 5.53. The van der Waals surface area contributed by atoms with Gasteiger partial charge in [-0.25, -0.2) is 9.78 Å². The molecule has 2 aromatic rings. The summed E-state index contributed by atoms with van der Waals surface area (Å²) < 4.78 is 1.75. The monoisotopic (exact) mass is 300 g/mol. The van der Waals surface area contributed by atoms with Crippen LogP contribution in [0.4, 0.5) is 0 Å². The first-order valence-electron chi connectivity index (χ1n) is 7.12. The highest BCUT2D eigenvalue weighted by Gasteiger charge is 2.35. The molecule has 1 aromatic carbocycles. The maximum atomic E-state index is 11.5. The molecule has 0 radical (unpaired) electrons. The molecule has 0 saturated heterocycles. The highest BCUT2D eigenvalue weighted by Crippen LogP contribution is 2.34. The third kappa shape index (κ3) is 2.26. The Bertz CT molecular complexity index is 746. The fourth-order valence-electron chi connectivity index (χ4n) is 2.96. The molecule has 6 nitrogen and oxygen atoms in total. The van der Waals surface area contributed by atoms with Crippen LogP contribution in [0.25, 0.3) is 11.4 Å². The number of rotatable bonds is 3. The molecular formula is C16H16N2O4. The summed E-state index contributed by atoms with van der Waals surface area (Å²) in [6.07, 6.45) is 1.13. The summed E-state index contributed by atoms with van der Waals surface area (Å²) in [6.45, 7) is 2.55. The number of aryl methyl sites for hydroxylation is 1. The quantitative estimate of drug-likeness (QED) is 0.908. The lowest BCUT2D eigenvalue weighted by Crippen LogP contribution is -2.24. The first-order chi connectivity index (χ1) is 10.5. The standard InChI is InChI=1S/C16H16N2O4/c1-9-4-6-10(7-5-9)14-17-12(16(21)22)13-11(15(19)20)3-2-8-18(13)14/h4-7,11H,2-3,8H2,1H3,(H,19,20)(H,21,22). The van der Waals surface area contributed by atoms with E-state index < -0.39 is 17.9 Å². The number of aromatic carboxylic acids is 1. The number of hydrogen-bond acceptors (Lipinski definition) is 3. The van der Waals surface area contributed by atoms with E-state index in [-0.39, 0.29) is 5.69 Å². The van der Waals surface area contributed by atoms with E-state index in [2.05, 4.69) is 4.98 Å². The largest absolute Gasteiger partial charge is 0.481 e. The number of carboxylic acid groups (broad SMARTS) is 2. The normalized spacial score (nSPS) is 17.0. The van der Waals surface area contributed by atoms with Gasteiger partial charge in [0.25, 0.3) is 0 Å². The third-order valence-corrected chi connectivity index (χ3v) is 4.02. The molecule has 1 aliphatic heterocycles. The Kier molecular flexibility index (Phi) is 3.44. The second kappa shape index (κ2) is 5.29. The zero-order chi connectivity index (χ0) is 15.9. The summed E-state index contributed by atoms with van der Waals surface area (Å²) in [6, 6.07) is 7.60. The van der Waals surface area contributed by atoms with Gasteiger partial charge in [0, 0.05) is 12.1 Å². The molecular weight excluding hydrogens is 284 g/mol. The van der Waals surface area contributed by atoms with Crippen molar-refractivity contribution in [2.75, 3.05) is 0 Å². The molecule has 3 rings (SSSR count). The van der Waals surface area contributed by atoms with Crippen LogP contribution in [0.1, 0.15) is 40.5 Å². The number of imidazole rings is 1. The van der Waals surface area contributed by atoms with E-state index in [1.54, 1.807) is 4.57 Å². The number of aliphatic carboxylic acids is 1. The zero-order valence-electron chi connectivity index (χ0n) is 12.1. The minimum absolute atomic E-state index is 0.150. The summed E-state index contributed by atoms with van der Waals surface area (Å²) >= 11 is 0. The molecule has 1 aliphatic rings. The van der Waals surface area contributed by atoms with Crippen molar-refractivity contribution in [3.05, 3.63) is 41.2 Å². The van der Waals surface area contributed by atoms with E-state index >= 15 is 0 Å². The Morgan fingerprint density at radius 2 is 1.91 bits per heavy atom. The zero-order valence-corrected chi connectivity index (χ0v) is 12.1. The molecule has 0 aliphatic carbocycles. The molecule has 0 amide bonds. The van der Waals surface area contributed by atoms with E-state index in [1.807, 2.05) is 31.2 Å². The Morgan fingerprint density at radius 3 is 2.50 bits per heavy atom. The topological polar surface area (TPSA) is 92.4 Å². The van der Waals surface area contributed by atoms with E-state index in [1.165, 1.54) is 0 Å². The molecule has 2 heterocycles. The number of nitrogens with zero attached hydrogens (tertiary/aromatic N) is 2. The van der Waals surface area contributed by atoms with Crippen molar-refractivity contribution in [3.8, 4) is 11.4 Å². The van der Waals surface area contributed by atoms with Crippen LogP contribution in [0.15, 0.2) is 24.3 Å². The van der Waals surface area contributed by atoms with Crippen molar-refractivity contribution >= 4 is 11.9 Å². The number of hydrogen-bond donors (Lipinski definition) is 2. The Hall–Kier alpha value is -2.63. The van der Waals surface area contributed by atoms with Gasteiger partial charge >= 0.3 is 11.9 Å². The minimum atomic E-state index is -1.18. The SMILES string of the molecule is Cc1ccc(-c2nc(C(=O)O)c3n2CCCC3C(=O)O)cc1. The van der Waals surface area contributed by atoms with Crippen molar-refractivity contribution in [1.29, 1.82) is 0 Å². The van der Waals surface area contributed by atoms with Crippen LogP contribution in [0, 0.1) is 6.92 Å². The van der Waals surface area contributed by atoms with Gasteiger partial charge in [-0.05, 0) is 19.8 Å². The van der Waals surface area contributed by atoms with Gasteiger partial charge in [0.1, 0.15) is 5.82 Å². The lowest BCUT2D eigenvalue weighted by molar-refractivity contribution is -0.139. The average Bonchev–Trinajstić information content (AvgIpc) is 2.87. The summed E-state index contributed by atoms with van der Waals surface area (Å²) in [7, 11) is 0. The van der Waals surface area contributed by atoms with Gasteiger partial charge in [-0.15, -0.1) is 0 Å². The Morgan fingerprint density at radius 1 is 1.23 bits per heavy atom. The van der Waals surface area contributed by atoms with E-state index in [0.717, 1.165) is 11.1 Å². The van der Waals surface area contributed by atoms with E-state index in [9.17, 15) is 19.8 Å². The number of fused-ring (bicyclic) bond motifs is 1. The van der Waals surface area contributed by atoms with Crippen LogP contribution in [0.2, 0.25) is 0 Å². The smallest absolute Gasteiger partial charge is 0.356 e. The van der Waals surface area contributed by atoms with Crippen LogP contribution >= 0.6 is 0 Å². The molecule has 0 spiro atoms. The minimum Gasteiger partial charge on any atom is -0.481 e. The molecule has 114 valence electrons.